The summed E-state index contributed by atoms with van der Waals surface area (Å²) in [7, 11) is 0. The highest BCUT2D eigenvalue weighted by Crippen LogP contribution is 2.42. The van der Waals surface area contributed by atoms with E-state index >= 15 is 0 Å². The molecule has 1 spiro atoms. The van der Waals surface area contributed by atoms with Crippen LogP contribution in [0.15, 0.2) is 30.5 Å². The minimum absolute atomic E-state index is 0.440. The van der Waals surface area contributed by atoms with E-state index in [2.05, 4.69) is 44.7 Å². The van der Waals surface area contributed by atoms with Gasteiger partial charge in [0.05, 0.1) is 0 Å². The number of piperazine rings is 1. The van der Waals surface area contributed by atoms with Crippen molar-refractivity contribution >= 4 is 17.9 Å². The molecule has 3 aliphatic rings. The van der Waals surface area contributed by atoms with Gasteiger partial charge in [0, 0.05) is 64.0 Å². The summed E-state index contributed by atoms with van der Waals surface area (Å²) in [5, 5.41) is 0. The number of carbonyl (C=O) groups excluding carboxylic acids is 1. The third-order valence-corrected chi connectivity index (χ3v) is 6.47. The summed E-state index contributed by atoms with van der Waals surface area (Å²) in [4.78, 5) is 25.1. The van der Waals surface area contributed by atoms with Gasteiger partial charge in [-0.3, -0.25) is 4.79 Å². The fraction of sp³-hybridized carbons (Fsp3) is 0.619. The van der Waals surface area contributed by atoms with E-state index in [4.69, 9.17) is 4.98 Å². The van der Waals surface area contributed by atoms with Crippen molar-refractivity contribution in [3.8, 4) is 0 Å². The van der Waals surface area contributed by atoms with Crippen LogP contribution in [0.3, 0.4) is 0 Å². The average Bonchev–Trinajstić information content (AvgIpc) is 2.71. The number of allylic oxidation sites excluding steroid dienone is 1. The first-order valence-electron chi connectivity index (χ1n) is 10.3. The highest BCUT2D eigenvalue weighted by Gasteiger charge is 2.45. The van der Waals surface area contributed by atoms with Crippen LogP contribution in [0.1, 0.15) is 19.8 Å². The van der Waals surface area contributed by atoms with Crippen LogP contribution in [-0.4, -0.2) is 80.0 Å². The standard InChI is InChI=1S/C21H31N5O/c1-2-23-12-14-25(15-13-23)19-5-3-6-20(22-19)26-17-21(18-26)7-10-24(11-8-21)9-4-16-27/h3-6,9,16H,2,7-8,10-15,17-18H2,1H3/b9-4+. The molecule has 3 saturated heterocycles. The maximum Gasteiger partial charge on any atom is 0.144 e. The molecular formula is C21H31N5O. The molecule has 0 radical (unpaired) electrons. The molecular weight excluding hydrogens is 338 g/mol. The molecule has 6 heteroatoms. The van der Waals surface area contributed by atoms with Crippen molar-refractivity contribution in [2.24, 2.45) is 5.41 Å². The summed E-state index contributed by atoms with van der Waals surface area (Å²) in [6.45, 7) is 12.1. The van der Waals surface area contributed by atoms with Crippen LogP contribution in [0.2, 0.25) is 0 Å². The van der Waals surface area contributed by atoms with Crippen molar-refractivity contribution in [2.75, 3.05) is 68.7 Å². The fourth-order valence-corrected chi connectivity index (χ4v) is 4.60. The van der Waals surface area contributed by atoms with Crippen molar-refractivity contribution in [1.29, 1.82) is 0 Å². The molecule has 0 aliphatic carbocycles. The Balaban J connectivity index is 1.32. The van der Waals surface area contributed by atoms with Crippen LogP contribution < -0.4 is 9.80 Å². The second kappa shape index (κ2) is 7.89. The Hall–Kier alpha value is -2.08. The Morgan fingerprint density at radius 3 is 2.30 bits per heavy atom. The van der Waals surface area contributed by atoms with E-state index < -0.39 is 0 Å². The van der Waals surface area contributed by atoms with Crippen molar-refractivity contribution in [1.82, 2.24) is 14.8 Å². The van der Waals surface area contributed by atoms with Crippen molar-refractivity contribution < 1.29 is 4.79 Å². The highest BCUT2D eigenvalue weighted by atomic mass is 16.1. The summed E-state index contributed by atoms with van der Waals surface area (Å²) < 4.78 is 0. The first-order chi connectivity index (χ1) is 13.2. The average molecular weight is 370 g/mol. The smallest absolute Gasteiger partial charge is 0.144 e. The third kappa shape index (κ3) is 3.95. The highest BCUT2D eigenvalue weighted by molar-refractivity contribution is 5.64. The maximum absolute atomic E-state index is 10.5. The van der Waals surface area contributed by atoms with E-state index in [0.717, 1.165) is 76.8 Å². The Morgan fingerprint density at radius 2 is 1.67 bits per heavy atom. The number of rotatable bonds is 5. The van der Waals surface area contributed by atoms with Gasteiger partial charge in [-0.1, -0.05) is 13.0 Å². The number of hydrogen-bond donors (Lipinski definition) is 0. The number of carbonyl (C=O) groups is 1. The zero-order valence-electron chi connectivity index (χ0n) is 16.4. The molecule has 0 atom stereocenters. The summed E-state index contributed by atoms with van der Waals surface area (Å²) in [5.41, 5.74) is 0.440. The molecule has 0 bridgehead atoms. The number of piperidine rings is 1. The van der Waals surface area contributed by atoms with E-state index in [1.807, 2.05) is 6.20 Å². The van der Waals surface area contributed by atoms with Crippen LogP contribution in [0.4, 0.5) is 11.6 Å². The number of hydrogen-bond acceptors (Lipinski definition) is 6. The van der Waals surface area contributed by atoms with E-state index in [9.17, 15) is 4.79 Å². The number of aromatic nitrogens is 1. The molecule has 4 heterocycles. The lowest BCUT2D eigenvalue weighted by Crippen LogP contribution is -2.60. The number of anilines is 2. The Morgan fingerprint density at radius 1 is 1.00 bits per heavy atom. The van der Waals surface area contributed by atoms with Gasteiger partial charge in [0.25, 0.3) is 0 Å². The minimum Gasteiger partial charge on any atom is -0.377 e. The Kier molecular flexibility index (Phi) is 5.34. The van der Waals surface area contributed by atoms with Crippen molar-refractivity contribution in [3.63, 3.8) is 0 Å². The van der Waals surface area contributed by atoms with Gasteiger partial charge in [-0.2, -0.15) is 0 Å². The van der Waals surface area contributed by atoms with E-state index in [0.29, 0.717) is 5.41 Å². The van der Waals surface area contributed by atoms with Gasteiger partial charge in [0.2, 0.25) is 0 Å². The Labute approximate surface area is 162 Å². The molecule has 6 nitrogen and oxygen atoms in total. The summed E-state index contributed by atoms with van der Waals surface area (Å²) >= 11 is 0. The molecule has 3 aliphatic heterocycles. The van der Waals surface area contributed by atoms with Crippen LogP contribution >= 0.6 is 0 Å². The van der Waals surface area contributed by atoms with Crippen LogP contribution in [0.5, 0.6) is 0 Å². The molecule has 1 aromatic rings. The molecule has 0 unspecified atom stereocenters. The second-order valence-electron chi connectivity index (χ2n) is 8.14. The third-order valence-electron chi connectivity index (χ3n) is 6.47. The lowest BCUT2D eigenvalue weighted by Gasteiger charge is -2.54. The first kappa shape index (κ1) is 18.3. The molecule has 3 fully saturated rings. The zero-order valence-corrected chi connectivity index (χ0v) is 16.4. The predicted molar refractivity (Wildman–Crippen MR) is 109 cm³/mol. The van der Waals surface area contributed by atoms with Crippen LogP contribution in [-0.2, 0) is 4.79 Å². The lowest BCUT2D eigenvalue weighted by molar-refractivity contribution is -0.104. The largest absolute Gasteiger partial charge is 0.377 e. The van der Waals surface area contributed by atoms with Gasteiger partial charge < -0.3 is 19.6 Å². The number of likely N-dealkylation sites (tertiary alicyclic amines) is 1. The lowest BCUT2D eigenvalue weighted by atomic mass is 9.72. The number of aldehydes is 1. The quantitative estimate of drug-likeness (QED) is 0.583. The van der Waals surface area contributed by atoms with Gasteiger partial charge in [-0.05, 0) is 37.6 Å². The van der Waals surface area contributed by atoms with Gasteiger partial charge in [0.15, 0.2) is 0 Å². The van der Waals surface area contributed by atoms with Gasteiger partial charge in [0.1, 0.15) is 17.9 Å². The molecule has 0 saturated carbocycles. The first-order valence-corrected chi connectivity index (χ1v) is 10.3. The van der Waals surface area contributed by atoms with E-state index in [1.54, 1.807) is 6.08 Å². The van der Waals surface area contributed by atoms with Crippen LogP contribution in [0.25, 0.3) is 0 Å². The second-order valence-corrected chi connectivity index (χ2v) is 8.14. The minimum atomic E-state index is 0.440. The molecule has 0 amide bonds. The number of likely N-dealkylation sites (N-methyl/N-ethyl adjacent to an activating group) is 1. The molecule has 27 heavy (non-hydrogen) atoms. The molecule has 1 aromatic heterocycles. The molecule has 146 valence electrons. The van der Waals surface area contributed by atoms with Gasteiger partial charge >= 0.3 is 0 Å². The fourth-order valence-electron chi connectivity index (χ4n) is 4.60. The normalized spacial score (nSPS) is 23.1. The molecule has 0 aromatic carbocycles. The topological polar surface area (TPSA) is 42.9 Å². The van der Waals surface area contributed by atoms with Crippen molar-refractivity contribution in [3.05, 3.63) is 30.5 Å². The predicted octanol–water partition coefficient (Wildman–Crippen LogP) is 1.84. The monoisotopic (exact) mass is 369 g/mol. The van der Waals surface area contributed by atoms with Gasteiger partial charge in [-0.25, -0.2) is 4.98 Å². The summed E-state index contributed by atoms with van der Waals surface area (Å²) in [5.74, 6) is 2.25. The number of nitrogens with zero attached hydrogens (tertiary/aromatic N) is 5. The van der Waals surface area contributed by atoms with E-state index in [-0.39, 0.29) is 0 Å². The van der Waals surface area contributed by atoms with Crippen molar-refractivity contribution in [2.45, 2.75) is 19.8 Å². The number of pyridine rings is 1. The maximum atomic E-state index is 10.5. The van der Waals surface area contributed by atoms with E-state index in [1.165, 1.54) is 12.8 Å². The summed E-state index contributed by atoms with van der Waals surface area (Å²) in [6, 6.07) is 6.46. The zero-order chi connectivity index (χ0) is 18.7. The SMILES string of the molecule is CCN1CCN(c2cccc(N3CC4(CCN(/C=C/C=O)CC4)C3)n2)CC1. The molecule has 0 N–H and O–H groups in total. The van der Waals surface area contributed by atoms with Crippen LogP contribution in [0, 0.1) is 5.41 Å². The summed E-state index contributed by atoms with van der Waals surface area (Å²) in [6.07, 6.45) is 6.79. The Bertz CT molecular complexity index is 667. The van der Waals surface area contributed by atoms with Gasteiger partial charge in [-0.15, -0.1) is 0 Å². The molecule has 4 rings (SSSR count).